The van der Waals surface area contributed by atoms with Gasteiger partial charge in [0.1, 0.15) is 5.82 Å². The van der Waals surface area contributed by atoms with Crippen molar-refractivity contribution in [2.75, 3.05) is 5.32 Å². The maximum Gasteiger partial charge on any atom is 0.161 e. The van der Waals surface area contributed by atoms with Gasteiger partial charge in [-0.3, -0.25) is 0 Å². The normalized spacial score (nSPS) is 24.7. The Kier molecular flexibility index (Phi) is 3.57. The molecule has 1 aromatic carbocycles. The molecule has 2 rings (SSSR count). The number of nitrogens with two attached hydrogens (primary N) is 1. The molecule has 0 heterocycles. The molecule has 2 unspecified atom stereocenters. The Morgan fingerprint density at radius 2 is 1.76 bits per heavy atom. The van der Waals surface area contributed by atoms with Crippen LogP contribution in [-0.2, 0) is 0 Å². The van der Waals surface area contributed by atoms with Crippen molar-refractivity contribution in [3.05, 3.63) is 29.6 Å². The molecule has 1 aliphatic rings. The Morgan fingerprint density at radius 1 is 1.06 bits per heavy atom. The van der Waals surface area contributed by atoms with Crippen molar-refractivity contribution in [1.29, 1.82) is 0 Å². The van der Waals surface area contributed by atoms with E-state index < -0.39 is 17.5 Å². The molecule has 2 nitrogen and oxygen atoms in total. The lowest BCUT2D eigenvalue weighted by Gasteiger charge is -2.28. The average molecular weight is 244 g/mol. The standard InChI is InChI=1S/C12H15F3N2/c13-9-5-11(15)12(6-10(9)14)17-8-3-1-2-7(16)4-8/h5-8,17H,1-4,16H2. The van der Waals surface area contributed by atoms with Gasteiger partial charge in [0.2, 0.25) is 0 Å². The van der Waals surface area contributed by atoms with Gasteiger partial charge in [-0.15, -0.1) is 0 Å². The van der Waals surface area contributed by atoms with Crippen LogP contribution in [0.2, 0.25) is 0 Å². The van der Waals surface area contributed by atoms with Crippen LogP contribution in [-0.4, -0.2) is 12.1 Å². The number of anilines is 1. The second-order valence-electron chi connectivity index (χ2n) is 4.51. The molecule has 0 amide bonds. The summed E-state index contributed by atoms with van der Waals surface area (Å²) < 4.78 is 39.1. The van der Waals surface area contributed by atoms with Crippen molar-refractivity contribution in [2.45, 2.75) is 37.8 Å². The number of nitrogens with one attached hydrogen (secondary N) is 1. The maximum absolute atomic E-state index is 13.4. The summed E-state index contributed by atoms with van der Waals surface area (Å²) in [6.45, 7) is 0. The zero-order valence-electron chi connectivity index (χ0n) is 9.35. The Balaban J connectivity index is 2.10. The number of rotatable bonds is 2. The summed E-state index contributed by atoms with van der Waals surface area (Å²) >= 11 is 0. The van der Waals surface area contributed by atoms with E-state index in [-0.39, 0.29) is 17.8 Å². The molecule has 1 fully saturated rings. The van der Waals surface area contributed by atoms with E-state index in [1.165, 1.54) is 0 Å². The summed E-state index contributed by atoms with van der Waals surface area (Å²) in [5.41, 5.74) is 5.81. The van der Waals surface area contributed by atoms with Gasteiger partial charge in [0.15, 0.2) is 11.6 Å². The van der Waals surface area contributed by atoms with Crippen LogP contribution in [0.3, 0.4) is 0 Å². The monoisotopic (exact) mass is 244 g/mol. The van der Waals surface area contributed by atoms with Gasteiger partial charge in [-0.25, -0.2) is 13.2 Å². The summed E-state index contributed by atoms with van der Waals surface area (Å²) in [5.74, 6) is -2.99. The van der Waals surface area contributed by atoms with Crippen LogP contribution in [0.1, 0.15) is 25.7 Å². The highest BCUT2D eigenvalue weighted by atomic mass is 19.2. The minimum absolute atomic E-state index is 0.00278. The van der Waals surface area contributed by atoms with Crippen molar-refractivity contribution in [3.8, 4) is 0 Å². The summed E-state index contributed by atoms with van der Waals surface area (Å²) in [6.07, 6.45) is 3.51. The predicted octanol–water partition coefficient (Wildman–Crippen LogP) is 2.79. The van der Waals surface area contributed by atoms with Crippen LogP contribution in [0.25, 0.3) is 0 Å². The number of hydrogen-bond acceptors (Lipinski definition) is 2. The van der Waals surface area contributed by atoms with Gasteiger partial charge in [-0.05, 0) is 25.7 Å². The Morgan fingerprint density at radius 3 is 2.47 bits per heavy atom. The zero-order valence-corrected chi connectivity index (χ0v) is 9.35. The molecule has 0 bridgehead atoms. The third-order valence-corrected chi connectivity index (χ3v) is 3.08. The quantitative estimate of drug-likeness (QED) is 0.785. The van der Waals surface area contributed by atoms with Gasteiger partial charge in [0.05, 0.1) is 5.69 Å². The number of halogens is 3. The first kappa shape index (κ1) is 12.2. The summed E-state index contributed by atoms with van der Waals surface area (Å²) in [4.78, 5) is 0. The van der Waals surface area contributed by atoms with E-state index in [9.17, 15) is 13.2 Å². The second kappa shape index (κ2) is 4.96. The van der Waals surface area contributed by atoms with E-state index in [4.69, 9.17) is 5.73 Å². The van der Waals surface area contributed by atoms with E-state index in [2.05, 4.69) is 5.32 Å². The molecule has 0 saturated heterocycles. The second-order valence-corrected chi connectivity index (χ2v) is 4.51. The van der Waals surface area contributed by atoms with E-state index in [0.29, 0.717) is 6.07 Å². The molecule has 1 aliphatic carbocycles. The first-order valence-electron chi connectivity index (χ1n) is 5.73. The molecule has 94 valence electrons. The SMILES string of the molecule is NC1CCCC(Nc2cc(F)c(F)cc2F)C1. The molecule has 17 heavy (non-hydrogen) atoms. The van der Waals surface area contributed by atoms with Gasteiger partial charge in [-0.2, -0.15) is 0 Å². The first-order valence-corrected chi connectivity index (χ1v) is 5.73. The topological polar surface area (TPSA) is 38.0 Å². The van der Waals surface area contributed by atoms with Crippen LogP contribution < -0.4 is 11.1 Å². The van der Waals surface area contributed by atoms with Crippen molar-refractivity contribution < 1.29 is 13.2 Å². The van der Waals surface area contributed by atoms with E-state index in [1.807, 2.05) is 0 Å². The highest BCUT2D eigenvalue weighted by Crippen LogP contribution is 2.24. The lowest BCUT2D eigenvalue weighted by atomic mass is 9.91. The predicted molar refractivity (Wildman–Crippen MR) is 60.2 cm³/mol. The van der Waals surface area contributed by atoms with Crippen LogP contribution in [0, 0.1) is 17.5 Å². The van der Waals surface area contributed by atoms with E-state index in [1.54, 1.807) is 0 Å². The Labute approximate surface area is 98.0 Å². The molecule has 0 spiro atoms. The number of benzene rings is 1. The Bertz CT molecular complexity index is 409. The van der Waals surface area contributed by atoms with E-state index in [0.717, 1.165) is 31.7 Å². The lowest BCUT2D eigenvalue weighted by Crippen LogP contribution is -2.35. The van der Waals surface area contributed by atoms with Gasteiger partial charge < -0.3 is 11.1 Å². The van der Waals surface area contributed by atoms with Crippen LogP contribution in [0.4, 0.5) is 18.9 Å². The number of hydrogen-bond donors (Lipinski definition) is 2. The molecule has 2 atom stereocenters. The molecular weight excluding hydrogens is 229 g/mol. The lowest BCUT2D eigenvalue weighted by molar-refractivity contribution is 0.407. The zero-order chi connectivity index (χ0) is 12.4. The molecular formula is C12H15F3N2. The fourth-order valence-electron chi connectivity index (χ4n) is 2.21. The van der Waals surface area contributed by atoms with Gasteiger partial charge in [-0.1, -0.05) is 0 Å². The minimum atomic E-state index is -1.17. The first-order chi connectivity index (χ1) is 8.06. The van der Waals surface area contributed by atoms with Crippen molar-refractivity contribution in [3.63, 3.8) is 0 Å². The summed E-state index contributed by atoms with van der Waals surface area (Å²) in [6, 6.07) is 1.53. The molecule has 1 aromatic rings. The molecule has 0 aliphatic heterocycles. The Hall–Kier alpha value is -1.23. The highest BCUT2D eigenvalue weighted by molar-refractivity contribution is 5.46. The highest BCUT2D eigenvalue weighted by Gasteiger charge is 2.20. The van der Waals surface area contributed by atoms with Gasteiger partial charge in [0.25, 0.3) is 0 Å². The molecule has 0 radical (unpaired) electrons. The third kappa shape index (κ3) is 2.91. The smallest absolute Gasteiger partial charge is 0.161 e. The van der Waals surface area contributed by atoms with Crippen LogP contribution in [0.15, 0.2) is 12.1 Å². The van der Waals surface area contributed by atoms with Crippen molar-refractivity contribution in [1.82, 2.24) is 0 Å². The van der Waals surface area contributed by atoms with Crippen molar-refractivity contribution >= 4 is 5.69 Å². The van der Waals surface area contributed by atoms with Crippen molar-refractivity contribution in [2.24, 2.45) is 5.73 Å². The molecule has 0 aromatic heterocycles. The van der Waals surface area contributed by atoms with E-state index >= 15 is 0 Å². The molecule has 3 N–H and O–H groups in total. The molecule has 1 saturated carbocycles. The average Bonchev–Trinajstić information content (AvgIpc) is 2.26. The third-order valence-electron chi connectivity index (χ3n) is 3.08. The fraction of sp³-hybridized carbons (Fsp3) is 0.500. The van der Waals surface area contributed by atoms with Gasteiger partial charge >= 0.3 is 0 Å². The minimum Gasteiger partial charge on any atom is -0.380 e. The van der Waals surface area contributed by atoms with Crippen LogP contribution >= 0.6 is 0 Å². The largest absolute Gasteiger partial charge is 0.380 e. The van der Waals surface area contributed by atoms with Crippen LogP contribution in [0.5, 0.6) is 0 Å². The molecule has 5 heteroatoms. The fourth-order valence-corrected chi connectivity index (χ4v) is 2.21. The van der Waals surface area contributed by atoms with Gasteiger partial charge in [0, 0.05) is 24.2 Å². The maximum atomic E-state index is 13.4. The summed E-state index contributed by atoms with van der Waals surface area (Å²) in [7, 11) is 0. The summed E-state index contributed by atoms with van der Waals surface area (Å²) in [5, 5.41) is 2.89.